The number of phenolic OH excluding ortho intramolecular Hbond substituents is 1. The van der Waals surface area contributed by atoms with Gasteiger partial charge < -0.3 is 5.11 Å². The van der Waals surface area contributed by atoms with E-state index in [1.165, 1.54) is 40.6 Å². The number of hydrogen-bond donors (Lipinski definition) is 1. The van der Waals surface area contributed by atoms with Crippen molar-refractivity contribution < 1.29 is 5.11 Å². The first-order chi connectivity index (χ1) is 8.24. The van der Waals surface area contributed by atoms with Crippen molar-refractivity contribution in [2.75, 3.05) is 0 Å². The molecule has 0 spiro atoms. The second-order valence-corrected chi connectivity index (χ2v) is 6.35. The van der Waals surface area contributed by atoms with Crippen molar-refractivity contribution >= 4 is 21.4 Å². The van der Waals surface area contributed by atoms with Gasteiger partial charge in [0, 0.05) is 9.58 Å². The van der Waals surface area contributed by atoms with Gasteiger partial charge in [0.15, 0.2) is 0 Å². The minimum Gasteiger partial charge on any atom is -0.508 e. The van der Waals surface area contributed by atoms with E-state index in [2.05, 4.69) is 13.0 Å². The summed E-state index contributed by atoms with van der Waals surface area (Å²) in [7, 11) is 0. The minimum absolute atomic E-state index is 0.377. The molecule has 0 saturated heterocycles. The maximum absolute atomic E-state index is 9.51. The van der Waals surface area contributed by atoms with Gasteiger partial charge in [-0.15, -0.1) is 11.3 Å². The van der Waals surface area contributed by atoms with Crippen LogP contribution in [0.3, 0.4) is 0 Å². The van der Waals surface area contributed by atoms with Crippen LogP contribution in [0, 0.1) is 5.92 Å². The standard InChI is InChI=1S/C15H18OS/c1-10-4-2-3-5-13(10)15-8-11-6-7-12(16)9-14(11)17-15/h6-10,13,16H,2-5H2,1H3. The number of phenols is 1. The summed E-state index contributed by atoms with van der Waals surface area (Å²) in [5.41, 5.74) is 0. The predicted molar refractivity (Wildman–Crippen MR) is 73.9 cm³/mol. The molecule has 1 nitrogen and oxygen atoms in total. The van der Waals surface area contributed by atoms with Crippen molar-refractivity contribution in [3.63, 3.8) is 0 Å². The van der Waals surface area contributed by atoms with E-state index >= 15 is 0 Å². The van der Waals surface area contributed by atoms with Crippen LogP contribution in [0.1, 0.15) is 43.4 Å². The average molecular weight is 246 g/mol. The molecule has 0 amide bonds. The number of aromatic hydroxyl groups is 1. The van der Waals surface area contributed by atoms with Crippen LogP contribution in [0.15, 0.2) is 24.3 Å². The van der Waals surface area contributed by atoms with E-state index in [4.69, 9.17) is 0 Å². The number of hydrogen-bond acceptors (Lipinski definition) is 2. The molecule has 1 aliphatic carbocycles. The van der Waals surface area contributed by atoms with E-state index in [1.54, 1.807) is 6.07 Å². The largest absolute Gasteiger partial charge is 0.508 e. The summed E-state index contributed by atoms with van der Waals surface area (Å²) in [5, 5.41) is 10.8. The lowest BCUT2D eigenvalue weighted by molar-refractivity contribution is 0.334. The zero-order valence-corrected chi connectivity index (χ0v) is 11.0. The Kier molecular flexibility index (Phi) is 2.83. The molecule has 0 bridgehead atoms. The van der Waals surface area contributed by atoms with Crippen LogP contribution < -0.4 is 0 Å². The molecule has 2 aromatic rings. The SMILES string of the molecule is CC1CCCCC1c1cc2ccc(O)cc2s1. The Balaban J connectivity index is 1.99. The highest BCUT2D eigenvalue weighted by atomic mass is 32.1. The quantitative estimate of drug-likeness (QED) is 0.758. The third-order valence-electron chi connectivity index (χ3n) is 4.00. The number of benzene rings is 1. The van der Waals surface area contributed by atoms with Gasteiger partial charge in [-0.25, -0.2) is 0 Å². The molecule has 3 rings (SSSR count). The van der Waals surface area contributed by atoms with E-state index < -0.39 is 0 Å². The summed E-state index contributed by atoms with van der Waals surface area (Å²) in [5.74, 6) is 1.93. The topological polar surface area (TPSA) is 20.2 Å². The van der Waals surface area contributed by atoms with E-state index in [1.807, 2.05) is 23.5 Å². The lowest BCUT2D eigenvalue weighted by Gasteiger charge is -2.27. The molecule has 0 aliphatic heterocycles. The minimum atomic E-state index is 0.377. The van der Waals surface area contributed by atoms with Gasteiger partial charge in [0.1, 0.15) is 5.75 Å². The summed E-state index contributed by atoms with van der Waals surface area (Å²) < 4.78 is 1.22. The molecule has 1 N–H and O–H groups in total. The molecule has 1 heterocycles. The maximum atomic E-state index is 9.51. The number of rotatable bonds is 1. The Morgan fingerprint density at radius 1 is 1.18 bits per heavy atom. The molecule has 17 heavy (non-hydrogen) atoms. The highest BCUT2D eigenvalue weighted by molar-refractivity contribution is 7.19. The second-order valence-electron chi connectivity index (χ2n) is 5.24. The van der Waals surface area contributed by atoms with Gasteiger partial charge in [-0.05, 0) is 47.9 Å². The fourth-order valence-corrected chi connectivity index (χ4v) is 4.33. The smallest absolute Gasteiger partial charge is 0.117 e. The van der Waals surface area contributed by atoms with Gasteiger partial charge in [0.2, 0.25) is 0 Å². The summed E-state index contributed by atoms with van der Waals surface area (Å²) >= 11 is 1.86. The number of thiophene rings is 1. The second kappa shape index (κ2) is 4.34. The third-order valence-corrected chi connectivity index (χ3v) is 5.23. The van der Waals surface area contributed by atoms with Crippen LogP contribution in [0.5, 0.6) is 5.75 Å². The zero-order valence-electron chi connectivity index (χ0n) is 10.1. The van der Waals surface area contributed by atoms with Crippen molar-refractivity contribution in [1.29, 1.82) is 0 Å². The average Bonchev–Trinajstić information content (AvgIpc) is 2.72. The van der Waals surface area contributed by atoms with Crippen molar-refractivity contribution in [1.82, 2.24) is 0 Å². The van der Waals surface area contributed by atoms with Gasteiger partial charge >= 0.3 is 0 Å². The van der Waals surface area contributed by atoms with Gasteiger partial charge in [0.05, 0.1) is 0 Å². The first-order valence-electron chi connectivity index (χ1n) is 6.46. The third kappa shape index (κ3) is 2.06. The van der Waals surface area contributed by atoms with Crippen LogP contribution in [0.25, 0.3) is 10.1 Å². The molecule has 1 saturated carbocycles. The molecule has 1 fully saturated rings. The highest BCUT2D eigenvalue weighted by Crippen LogP contribution is 2.42. The Bertz CT molecular complexity index is 529. The first kappa shape index (κ1) is 11.1. The van der Waals surface area contributed by atoms with Crippen molar-refractivity contribution in [3.8, 4) is 5.75 Å². The Labute approximate surface area is 106 Å². The zero-order chi connectivity index (χ0) is 11.8. The van der Waals surface area contributed by atoms with Crippen molar-refractivity contribution in [3.05, 3.63) is 29.1 Å². The first-order valence-corrected chi connectivity index (χ1v) is 7.28. The monoisotopic (exact) mass is 246 g/mol. The summed E-state index contributed by atoms with van der Waals surface area (Å²) in [6.07, 6.45) is 5.46. The van der Waals surface area contributed by atoms with Crippen LogP contribution in [0.4, 0.5) is 0 Å². The molecule has 1 aromatic heterocycles. The Morgan fingerprint density at radius 3 is 2.82 bits per heavy atom. The van der Waals surface area contributed by atoms with E-state index in [0.717, 1.165) is 11.8 Å². The predicted octanol–water partition coefficient (Wildman–Crippen LogP) is 4.90. The Morgan fingerprint density at radius 2 is 2.00 bits per heavy atom. The molecule has 2 heteroatoms. The van der Waals surface area contributed by atoms with Crippen LogP contribution >= 0.6 is 11.3 Å². The normalized spacial score (nSPS) is 25.2. The van der Waals surface area contributed by atoms with Crippen LogP contribution in [-0.2, 0) is 0 Å². The highest BCUT2D eigenvalue weighted by Gasteiger charge is 2.24. The summed E-state index contributed by atoms with van der Waals surface area (Å²) in [6.45, 7) is 2.38. The summed E-state index contributed by atoms with van der Waals surface area (Å²) in [6, 6.07) is 8.02. The molecule has 90 valence electrons. The van der Waals surface area contributed by atoms with Gasteiger partial charge in [0.25, 0.3) is 0 Å². The van der Waals surface area contributed by atoms with E-state index in [9.17, 15) is 5.11 Å². The lowest BCUT2D eigenvalue weighted by atomic mass is 9.79. The van der Waals surface area contributed by atoms with E-state index in [0.29, 0.717) is 5.75 Å². The van der Waals surface area contributed by atoms with Crippen molar-refractivity contribution in [2.24, 2.45) is 5.92 Å². The molecule has 2 unspecified atom stereocenters. The fraction of sp³-hybridized carbons (Fsp3) is 0.467. The van der Waals surface area contributed by atoms with Crippen LogP contribution in [-0.4, -0.2) is 5.11 Å². The lowest BCUT2D eigenvalue weighted by Crippen LogP contribution is -2.13. The fourth-order valence-electron chi connectivity index (χ4n) is 2.96. The maximum Gasteiger partial charge on any atom is 0.117 e. The van der Waals surface area contributed by atoms with Gasteiger partial charge in [-0.2, -0.15) is 0 Å². The molecule has 1 aromatic carbocycles. The van der Waals surface area contributed by atoms with Gasteiger partial charge in [-0.3, -0.25) is 0 Å². The molecule has 1 aliphatic rings. The Hall–Kier alpha value is -1.02. The van der Waals surface area contributed by atoms with Crippen LogP contribution in [0.2, 0.25) is 0 Å². The van der Waals surface area contributed by atoms with E-state index in [-0.39, 0.29) is 0 Å². The van der Waals surface area contributed by atoms with Gasteiger partial charge in [-0.1, -0.05) is 26.2 Å². The molecular formula is C15H18OS. The summed E-state index contributed by atoms with van der Waals surface area (Å²) in [4.78, 5) is 1.51. The molecule has 0 radical (unpaired) electrons. The molecule has 2 atom stereocenters. The van der Waals surface area contributed by atoms with Crippen molar-refractivity contribution in [2.45, 2.75) is 38.5 Å². The number of fused-ring (bicyclic) bond motifs is 1. The molecular weight excluding hydrogens is 228 g/mol.